The van der Waals surface area contributed by atoms with Gasteiger partial charge in [-0.2, -0.15) is 0 Å². The maximum absolute atomic E-state index is 12.1. The van der Waals surface area contributed by atoms with Gasteiger partial charge in [-0.15, -0.1) is 0 Å². The quantitative estimate of drug-likeness (QED) is 0.790. The summed E-state index contributed by atoms with van der Waals surface area (Å²) in [6.45, 7) is 4.57. The highest BCUT2D eigenvalue weighted by molar-refractivity contribution is 5.79. The molecular weight excluding hydrogens is 220 g/mol. The summed E-state index contributed by atoms with van der Waals surface area (Å²) in [5.41, 5.74) is 0. The van der Waals surface area contributed by atoms with Crippen molar-refractivity contribution in [3.8, 4) is 0 Å². The molecule has 1 unspecified atom stereocenters. The first kappa shape index (κ1) is 12.2. The molecule has 5 nitrogen and oxygen atoms in total. The molecule has 0 bridgehead atoms. The van der Waals surface area contributed by atoms with Crippen LogP contribution in [0.4, 0.5) is 4.79 Å². The highest BCUT2D eigenvalue weighted by atomic mass is 16.4. The van der Waals surface area contributed by atoms with Gasteiger partial charge < -0.3 is 14.9 Å². The second-order valence-electron chi connectivity index (χ2n) is 5.09. The van der Waals surface area contributed by atoms with Crippen molar-refractivity contribution in [1.29, 1.82) is 0 Å². The van der Waals surface area contributed by atoms with Crippen LogP contribution in [0.5, 0.6) is 0 Å². The first-order valence-corrected chi connectivity index (χ1v) is 6.38. The third kappa shape index (κ3) is 2.53. The number of urea groups is 1. The van der Waals surface area contributed by atoms with E-state index in [2.05, 4.69) is 6.92 Å². The number of nitrogens with zero attached hydrogens (tertiary/aromatic N) is 2. The van der Waals surface area contributed by atoms with Crippen molar-refractivity contribution in [2.75, 3.05) is 26.2 Å². The van der Waals surface area contributed by atoms with Gasteiger partial charge in [-0.3, -0.25) is 4.79 Å². The molecule has 2 aliphatic heterocycles. The van der Waals surface area contributed by atoms with E-state index < -0.39 is 5.97 Å². The topological polar surface area (TPSA) is 60.9 Å². The SMILES string of the molecule is CCC1CCCN(C(=O)N2CC(C(=O)O)C2)C1. The van der Waals surface area contributed by atoms with E-state index in [1.54, 1.807) is 4.90 Å². The van der Waals surface area contributed by atoms with Crippen molar-refractivity contribution < 1.29 is 14.7 Å². The van der Waals surface area contributed by atoms with Gasteiger partial charge in [0.15, 0.2) is 0 Å². The van der Waals surface area contributed by atoms with E-state index in [0.717, 1.165) is 25.9 Å². The molecule has 0 aliphatic carbocycles. The van der Waals surface area contributed by atoms with Gasteiger partial charge in [-0.05, 0) is 18.8 Å². The summed E-state index contributed by atoms with van der Waals surface area (Å²) in [4.78, 5) is 26.3. The summed E-state index contributed by atoms with van der Waals surface area (Å²) < 4.78 is 0. The van der Waals surface area contributed by atoms with Crippen LogP contribution in [0.3, 0.4) is 0 Å². The molecule has 0 aromatic carbocycles. The van der Waals surface area contributed by atoms with Gasteiger partial charge in [-0.25, -0.2) is 4.79 Å². The number of hydrogen-bond donors (Lipinski definition) is 1. The second kappa shape index (κ2) is 4.94. The second-order valence-corrected chi connectivity index (χ2v) is 5.09. The molecule has 1 N–H and O–H groups in total. The average molecular weight is 240 g/mol. The lowest BCUT2D eigenvalue weighted by atomic mass is 9.95. The summed E-state index contributed by atoms with van der Waals surface area (Å²) in [6, 6.07) is 0.0284. The minimum Gasteiger partial charge on any atom is -0.481 e. The van der Waals surface area contributed by atoms with Crippen LogP contribution >= 0.6 is 0 Å². The molecule has 0 spiro atoms. The number of carbonyl (C=O) groups excluding carboxylic acids is 1. The van der Waals surface area contributed by atoms with Crippen LogP contribution in [0.1, 0.15) is 26.2 Å². The molecule has 0 saturated carbocycles. The van der Waals surface area contributed by atoms with Crippen molar-refractivity contribution in [2.24, 2.45) is 11.8 Å². The van der Waals surface area contributed by atoms with Crippen molar-refractivity contribution in [3.63, 3.8) is 0 Å². The number of carboxylic acid groups (broad SMARTS) is 1. The van der Waals surface area contributed by atoms with E-state index in [0.29, 0.717) is 19.0 Å². The summed E-state index contributed by atoms with van der Waals surface area (Å²) in [7, 11) is 0. The van der Waals surface area contributed by atoms with Crippen LogP contribution in [0.2, 0.25) is 0 Å². The molecule has 2 fully saturated rings. The minimum atomic E-state index is -0.792. The minimum absolute atomic E-state index is 0.0284. The smallest absolute Gasteiger partial charge is 0.320 e. The largest absolute Gasteiger partial charge is 0.481 e. The Balaban J connectivity index is 1.82. The Kier molecular flexibility index (Phi) is 3.54. The first-order valence-electron chi connectivity index (χ1n) is 6.38. The first-order chi connectivity index (χ1) is 8.11. The van der Waals surface area contributed by atoms with Gasteiger partial charge in [0.25, 0.3) is 0 Å². The molecule has 2 amide bonds. The molecule has 0 aromatic rings. The maximum Gasteiger partial charge on any atom is 0.320 e. The van der Waals surface area contributed by atoms with Crippen molar-refractivity contribution >= 4 is 12.0 Å². The van der Waals surface area contributed by atoms with Gasteiger partial charge in [0.1, 0.15) is 0 Å². The number of aliphatic carboxylic acids is 1. The van der Waals surface area contributed by atoms with Crippen LogP contribution in [-0.2, 0) is 4.79 Å². The Bertz CT molecular complexity index is 313. The Morgan fingerprint density at radius 1 is 1.24 bits per heavy atom. The van der Waals surface area contributed by atoms with Gasteiger partial charge in [0, 0.05) is 26.2 Å². The number of carboxylic acids is 1. The zero-order valence-corrected chi connectivity index (χ0v) is 10.3. The highest BCUT2D eigenvalue weighted by Crippen LogP contribution is 2.23. The maximum atomic E-state index is 12.1. The fraction of sp³-hybridized carbons (Fsp3) is 0.833. The lowest BCUT2D eigenvalue weighted by Gasteiger charge is -2.42. The highest BCUT2D eigenvalue weighted by Gasteiger charge is 2.38. The number of hydrogen-bond acceptors (Lipinski definition) is 2. The molecule has 2 saturated heterocycles. The molecule has 2 aliphatic rings. The van der Waals surface area contributed by atoms with Crippen LogP contribution < -0.4 is 0 Å². The Labute approximate surface area is 101 Å². The number of amides is 2. The van der Waals surface area contributed by atoms with E-state index in [4.69, 9.17) is 5.11 Å². The van der Waals surface area contributed by atoms with Crippen molar-refractivity contribution in [2.45, 2.75) is 26.2 Å². The fourth-order valence-corrected chi connectivity index (χ4v) is 2.56. The monoisotopic (exact) mass is 240 g/mol. The molecule has 1 atom stereocenters. The van der Waals surface area contributed by atoms with Gasteiger partial charge >= 0.3 is 12.0 Å². The number of carbonyl (C=O) groups is 2. The molecule has 2 heterocycles. The Morgan fingerprint density at radius 3 is 2.53 bits per heavy atom. The predicted octanol–water partition coefficient (Wildman–Crippen LogP) is 1.24. The van der Waals surface area contributed by atoms with Crippen LogP contribution in [0.25, 0.3) is 0 Å². The summed E-state index contributed by atoms with van der Waals surface area (Å²) in [5.74, 6) is -0.533. The van der Waals surface area contributed by atoms with Gasteiger partial charge in [0.2, 0.25) is 0 Å². The lowest BCUT2D eigenvalue weighted by Crippen LogP contribution is -2.58. The summed E-state index contributed by atoms with van der Waals surface area (Å²) in [5, 5.41) is 8.77. The number of piperidine rings is 1. The van der Waals surface area contributed by atoms with Crippen LogP contribution in [-0.4, -0.2) is 53.1 Å². The van der Waals surface area contributed by atoms with Crippen LogP contribution in [0.15, 0.2) is 0 Å². The van der Waals surface area contributed by atoms with Gasteiger partial charge in [-0.1, -0.05) is 13.3 Å². The standard InChI is InChI=1S/C12H20N2O3/c1-2-9-4-3-5-13(6-9)12(17)14-7-10(8-14)11(15)16/h9-10H,2-8H2,1H3,(H,15,16). The van der Waals surface area contributed by atoms with Crippen molar-refractivity contribution in [3.05, 3.63) is 0 Å². The summed E-state index contributed by atoms with van der Waals surface area (Å²) in [6.07, 6.45) is 3.39. The van der Waals surface area contributed by atoms with Gasteiger partial charge in [0.05, 0.1) is 5.92 Å². The molecule has 17 heavy (non-hydrogen) atoms. The third-order valence-electron chi connectivity index (χ3n) is 3.87. The van der Waals surface area contributed by atoms with Crippen LogP contribution in [0, 0.1) is 11.8 Å². The average Bonchev–Trinajstić information content (AvgIpc) is 2.26. The molecule has 96 valence electrons. The molecule has 2 rings (SSSR count). The Morgan fingerprint density at radius 2 is 1.94 bits per heavy atom. The lowest BCUT2D eigenvalue weighted by molar-refractivity contribution is -0.146. The third-order valence-corrected chi connectivity index (χ3v) is 3.87. The number of rotatable bonds is 2. The van der Waals surface area contributed by atoms with E-state index in [-0.39, 0.29) is 11.9 Å². The zero-order valence-electron chi connectivity index (χ0n) is 10.3. The molecule has 0 radical (unpaired) electrons. The Hall–Kier alpha value is -1.26. The number of likely N-dealkylation sites (tertiary alicyclic amines) is 2. The normalized spacial score (nSPS) is 25.6. The predicted molar refractivity (Wildman–Crippen MR) is 62.7 cm³/mol. The molecule has 0 aromatic heterocycles. The van der Waals surface area contributed by atoms with Crippen molar-refractivity contribution in [1.82, 2.24) is 9.80 Å². The van der Waals surface area contributed by atoms with E-state index in [1.807, 2.05) is 4.90 Å². The molecule has 5 heteroatoms. The van der Waals surface area contributed by atoms with E-state index in [9.17, 15) is 9.59 Å². The fourth-order valence-electron chi connectivity index (χ4n) is 2.56. The zero-order chi connectivity index (χ0) is 12.4. The van der Waals surface area contributed by atoms with E-state index >= 15 is 0 Å². The molecular formula is C12H20N2O3. The summed E-state index contributed by atoms with van der Waals surface area (Å²) >= 11 is 0. The van der Waals surface area contributed by atoms with E-state index in [1.165, 1.54) is 6.42 Å².